The molecule has 0 N–H and O–H groups in total. The number of carbonyl (C=O) groups excluding carboxylic acids is 1. The molecule has 1 aliphatic rings. The predicted octanol–water partition coefficient (Wildman–Crippen LogP) is 4.45. The van der Waals surface area contributed by atoms with Crippen LogP contribution in [-0.4, -0.2) is 41.9 Å². The molecule has 33 heavy (non-hydrogen) atoms. The molecule has 1 fully saturated rings. The summed E-state index contributed by atoms with van der Waals surface area (Å²) in [7, 11) is -2.13. The number of methoxy groups -OCH3 is 1. The summed E-state index contributed by atoms with van der Waals surface area (Å²) in [5.74, 6) is 0.798. The summed E-state index contributed by atoms with van der Waals surface area (Å²) in [6.45, 7) is 11.2. The highest BCUT2D eigenvalue weighted by atomic mass is 32.2. The highest BCUT2D eigenvalue weighted by Crippen LogP contribution is 2.32. The van der Waals surface area contributed by atoms with Crippen molar-refractivity contribution in [1.82, 2.24) is 14.5 Å². The van der Waals surface area contributed by atoms with E-state index in [-0.39, 0.29) is 34.2 Å². The standard InChI is InChI=1S/C25H37N3O4S/c1-18(2)15-28-21(16-27(20-10-11-20)23(29)13-25(3,4)5)14-26-24(28)33(30,31)17-19-8-7-9-22(12-19)32-6/h7-9,12,14,18,20H,10-11,13,15-17H2,1-6H3. The molecule has 0 saturated heterocycles. The summed E-state index contributed by atoms with van der Waals surface area (Å²) in [4.78, 5) is 19.3. The molecule has 8 heteroatoms. The minimum absolute atomic E-state index is 0.0630. The van der Waals surface area contributed by atoms with E-state index in [2.05, 4.69) is 25.8 Å². The van der Waals surface area contributed by atoms with Crippen LogP contribution in [0.2, 0.25) is 0 Å². The summed E-state index contributed by atoms with van der Waals surface area (Å²) in [6, 6.07) is 7.31. The Labute approximate surface area is 198 Å². The van der Waals surface area contributed by atoms with Gasteiger partial charge in [0.05, 0.1) is 31.3 Å². The van der Waals surface area contributed by atoms with Crippen LogP contribution in [0.4, 0.5) is 0 Å². The molecule has 0 bridgehead atoms. The Hall–Kier alpha value is -2.35. The van der Waals surface area contributed by atoms with E-state index in [1.165, 1.54) is 0 Å². The number of benzene rings is 1. The summed E-state index contributed by atoms with van der Waals surface area (Å²) in [6.07, 6.45) is 4.08. The second-order valence-electron chi connectivity index (χ2n) is 10.6. The molecule has 1 amide bonds. The van der Waals surface area contributed by atoms with Crippen molar-refractivity contribution in [2.45, 2.75) is 83.9 Å². The van der Waals surface area contributed by atoms with Crippen LogP contribution < -0.4 is 4.74 Å². The molecule has 1 saturated carbocycles. The summed E-state index contributed by atoms with van der Waals surface area (Å²) in [5, 5.41) is 0.0630. The van der Waals surface area contributed by atoms with E-state index < -0.39 is 9.84 Å². The zero-order valence-corrected chi connectivity index (χ0v) is 21.5. The van der Waals surface area contributed by atoms with Crippen LogP contribution in [0.25, 0.3) is 0 Å². The first kappa shape index (κ1) is 25.3. The lowest BCUT2D eigenvalue weighted by atomic mass is 9.91. The monoisotopic (exact) mass is 475 g/mol. The van der Waals surface area contributed by atoms with Crippen LogP contribution in [0.5, 0.6) is 5.75 Å². The van der Waals surface area contributed by atoms with Crippen molar-refractivity contribution in [1.29, 1.82) is 0 Å². The molecule has 0 aliphatic heterocycles. The van der Waals surface area contributed by atoms with Crippen LogP contribution >= 0.6 is 0 Å². The molecule has 182 valence electrons. The predicted molar refractivity (Wildman–Crippen MR) is 129 cm³/mol. The van der Waals surface area contributed by atoms with Crippen LogP contribution in [0, 0.1) is 11.3 Å². The molecule has 0 atom stereocenters. The molecular weight excluding hydrogens is 438 g/mol. The average Bonchev–Trinajstić information content (AvgIpc) is 3.45. The normalized spacial score (nSPS) is 14.5. The van der Waals surface area contributed by atoms with Gasteiger partial charge >= 0.3 is 0 Å². The fourth-order valence-electron chi connectivity index (χ4n) is 3.91. The zero-order chi connectivity index (χ0) is 24.4. The van der Waals surface area contributed by atoms with Crippen molar-refractivity contribution in [3.63, 3.8) is 0 Å². The van der Waals surface area contributed by atoms with Crippen molar-refractivity contribution in [2.24, 2.45) is 11.3 Å². The van der Waals surface area contributed by atoms with E-state index in [0.717, 1.165) is 18.5 Å². The number of hydrogen-bond acceptors (Lipinski definition) is 5. The third kappa shape index (κ3) is 6.82. The third-order valence-electron chi connectivity index (χ3n) is 5.54. The van der Waals surface area contributed by atoms with Crippen molar-refractivity contribution >= 4 is 15.7 Å². The topological polar surface area (TPSA) is 81.5 Å². The quantitative estimate of drug-likeness (QED) is 0.507. The molecule has 7 nitrogen and oxygen atoms in total. The highest BCUT2D eigenvalue weighted by Gasteiger charge is 2.35. The largest absolute Gasteiger partial charge is 0.497 e. The number of amides is 1. The van der Waals surface area contributed by atoms with Gasteiger partial charge in [-0.25, -0.2) is 13.4 Å². The van der Waals surface area contributed by atoms with Crippen molar-refractivity contribution in [3.8, 4) is 5.75 Å². The van der Waals surface area contributed by atoms with E-state index >= 15 is 0 Å². The molecule has 1 heterocycles. The van der Waals surface area contributed by atoms with Crippen LogP contribution in [0.15, 0.2) is 35.6 Å². The number of rotatable bonds is 10. The molecule has 0 spiro atoms. The van der Waals surface area contributed by atoms with Crippen molar-refractivity contribution in [3.05, 3.63) is 41.7 Å². The Morgan fingerprint density at radius 3 is 2.55 bits per heavy atom. The number of carbonyl (C=O) groups is 1. The van der Waals surface area contributed by atoms with E-state index in [1.54, 1.807) is 42.1 Å². The maximum atomic E-state index is 13.4. The van der Waals surface area contributed by atoms with Crippen molar-refractivity contribution in [2.75, 3.05) is 7.11 Å². The number of hydrogen-bond donors (Lipinski definition) is 0. The van der Waals surface area contributed by atoms with E-state index in [1.807, 2.05) is 18.7 Å². The van der Waals surface area contributed by atoms with Crippen LogP contribution in [0.1, 0.15) is 65.1 Å². The molecule has 1 aromatic heterocycles. The molecule has 1 aromatic carbocycles. The average molecular weight is 476 g/mol. The molecular formula is C25H37N3O4S. The molecule has 3 rings (SSSR count). The number of imidazole rings is 1. The Morgan fingerprint density at radius 2 is 1.97 bits per heavy atom. The lowest BCUT2D eigenvalue weighted by Gasteiger charge is -2.27. The maximum absolute atomic E-state index is 13.4. The Bertz CT molecular complexity index is 1080. The minimum Gasteiger partial charge on any atom is -0.497 e. The molecule has 0 unspecified atom stereocenters. The summed E-state index contributed by atoms with van der Waals surface area (Å²) >= 11 is 0. The number of nitrogens with zero attached hydrogens (tertiary/aromatic N) is 3. The number of aromatic nitrogens is 2. The Balaban J connectivity index is 1.91. The molecule has 0 radical (unpaired) electrons. The Morgan fingerprint density at radius 1 is 1.27 bits per heavy atom. The van der Waals surface area contributed by atoms with Gasteiger partial charge in [-0.2, -0.15) is 0 Å². The van der Waals surface area contributed by atoms with Crippen LogP contribution in [0.3, 0.4) is 0 Å². The van der Waals surface area contributed by atoms with E-state index in [4.69, 9.17) is 4.74 Å². The number of ether oxygens (including phenoxy) is 1. The summed E-state index contributed by atoms with van der Waals surface area (Å²) < 4.78 is 33.8. The fourth-order valence-corrected chi connectivity index (χ4v) is 5.40. The van der Waals surface area contributed by atoms with Gasteiger partial charge in [-0.15, -0.1) is 0 Å². The first-order chi connectivity index (χ1) is 15.4. The van der Waals surface area contributed by atoms with Gasteiger partial charge in [0.2, 0.25) is 20.9 Å². The van der Waals surface area contributed by atoms with Gasteiger partial charge in [0.25, 0.3) is 0 Å². The summed E-state index contributed by atoms with van der Waals surface area (Å²) in [5.41, 5.74) is 1.31. The van der Waals surface area contributed by atoms with Gasteiger partial charge in [-0.3, -0.25) is 4.79 Å². The second kappa shape index (κ2) is 9.87. The SMILES string of the molecule is COc1cccc(CS(=O)(=O)c2ncc(CN(C(=O)CC(C)(C)C)C3CC3)n2CC(C)C)c1. The lowest BCUT2D eigenvalue weighted by Crippen LogP contribution is -2.35. The fraction of sp³-hybridized carbons (Fsp3) is 0.600. The van der Waals surface area contributed by atoms with Crippen molar-refractivity contribution < 1.29 is 17.9 Å². The first-order valence-electron chi connectivity index (χ1n) is 11.6. The van der Waals surface area contributed by atoms with Gasteiger partial charge in [0, 0.05) is 19.0 Å². The highest BCUT2D eigenvalue weighted by molar-refractivity contribution is 7.90. The minimum atomic E-state index is -3.69. The van der Waals surface area contributed by atoms with Gasteiger partial charge in [0.1, 0.15) is 5.75 Å². The lowest BCUT2D eigenvalue weighted by molar-refractivity contribution is -0.134. The van der Waals surface area contributed by atoms with Gasteiger partial charge in [-0.05, 0) is 41.9 Å². The smallest absolute Gasteiger partial charge is 0.228 e. The van der Waals surface area contributed by atoms with Crippen LogP contribution in [-0.2, 0) is 33.5 Å². The van der Waals surface area contributed by atoms with E-state index in [9.17, 15) is 13.2 Å². The molecule has 2 aromatic rings. The zero-order valence-electron chi connectivity index (χ0n) is 20.7. The number of sulfone groups is 1. The maximum Gasteiger partial charge on any atom is 0.228 e. The molecule has 1 aliphatic carbocycles. The van der Waals surface area contributed by atoms with Gasteiger partial charge < -0.3 is 14.2 Å². The third-order valence-corrected chi connectivity index (χ3v) is 7.14. The second-order valence-corrected chi connectivity index (χ2v) is 12.5. The Kier molecular flexibility index (Phi) is 7.56. The van der Waals surface area contributed by atoms with Gasteiger partial charge in [0.15, 0.2) is 0 Å². The van der Waals surface area contributed by atoms with Gasteiger partial charge in [-0.1, -0.05) is 46.8 Å². The first-order valence-corrected chi connectivity index (χ1v) is 13.2. The van der Waals surface area contributed by atoms with E-state index in [0.29, 0.717) is 30.8 Å².